The third kappa shape index (κ3) is 4.70. The molecule has 0 fully saturated rings. The van der Waals surface area contributed by atoms with Gasteiger partial charge < -0.3 is 11.1 Å². The Morgan fingerprint density at radius 3 is 2.74 bits per heavy atom. The van der Waals surface area contributed by atoms with E-state index in [1.807, 2.05) is 13.0 Å². The van der Waals surface area contributed by atoms with Gasteiger partial charge in [-0.15, -0.1) is 11.3 Å². The van der Waals surface area contributed by atoms with E-state index in [1.54, 1.807) is 0 Å². The van der Waals surface area contributed by atoms with Gasteiger partial charge in [-0.25, -0.2) is 0 Å². The minimum atomic E-state index is 0.000739. The minimum Gasteiger partial charge on any atom is -0.351 e. The highest BCUT2D eigenvalue weighted by atomic mass is 32.1. The Morgan fingerprint density at radius 2 is 2.16 bits per heavy atom. The Hall–Kier alpha value is -1.31. The molecule has 0 radical (unpaired) electrons. The van der Waals surface area contributed by atoms with E-state index in [9.17, 15) is 4.79 Å². The summed E-state index contributed by atoms with van der Waals surface area (Å²) in [5.41, 5.74) is 6.40. The van der Waals surface area contributed by atoms with Crippen LogP contribution in [0.3, 0.4) is 0 Å². The number of carbonyl (C=O) groups excluding carboxylic acids is 1. The van der Waals surface area contributed by atoms with Crippen molar-refractivity contribution in [2.75, 3.05) is 13.1 Å². The molecule has 1 amide bonds. The van der Waals surface area contributed by atoms with Gasteiger partial charge in [0.05, 0.1) is 16.3 Å². The number of aryl methyl sites for hydroxylation is 1. The van der Waals surface area contributed by atoms with E-state index in [4.69, 9.17) is 5.73 Å². The van der Waals surface area contributed by atoms with Gasteiger partial charge in [0.15, 0.2) is 0 Å². The Morgan fingerprint density at radius 1 is 1.47 bits per heavy atom. The van der Waals surface area contributed by atoms with Gasteiger partial charge in [0.2, 0.25) is 0 Å². The minimum absolute atomic E-state index is 0.000739. The average Bonchev–Trinajstić information content (AvgIpc) is 2.78. The van der Waals surface area contributed by atoms with Crippen molar-refractivity contribution in [3.8, 4) is 11.8 Å². The number of amides is 1. The number of nitrogens with one attached hydrogen (secondary N) is 1. The van der Waals surface area contributed by atoms with Crippen molar-refractivity contribution in [3.05, 3.63) is 21.4 Å². The second kappa shape index (κ2) is 7.98. The Bertz CT molecular complexity index is 478. The van der Waals surface area contributed by atoms with Gasteiger partial charge in [0.1, 0.15) is 0 Å². The molecule has 0 aliphatic carbocycles. The van der Waals surface area contributed by atoms with Crippen LogP contribution in [-0.4, -0.2) is 19.0 Å². The summed E-state index contributed by atoms with van der Waals surface area (Å²) in [5.74, 6) is 6.38. The Kier molecular flexibility index (Phi) is 6.61. The summed E-state index contributed by atoms with van der Waals surface area (Å²) in [4.78, 5) is 13.7. The molecule has 1 rings (SSSR count). The summed E-state index contributed by atoms with van der Waals surface area (Å²) in [7, 11) is 0. The molecule has 0 unspecified atom stereocenters. The van der Waals surface area contributed by atoms with E-state index < -0.39 is 0 Å². The zero-order valence-corrected chi connectivity index (χ0v) is 12.7. The monoisotopic (exact) mass is 278 g/mol. The summed E-state index contributed by atoms with van der Waals surface area (Å²) >= 11 is 1.43. The van der Waals surface area contributed by atoms with Gasteiger partial charge in [0.25, 0.3) is 5.91 Å². The van der Waals surface area contributed by atoms with Crippen molar-refractivity contribution < 1.29 is 4.79 Å². The standard InChI is InChI=1S/C15H22N2OS/c1-4-12(5-2)10-17-15(18)14-9-11(3)13(19-14)7-6-8-16/h9,12H,4-5,8,10,16H2,1-3H3,(H,17,18). The maximum Gasteiger partial charge on any atom is 0.261 e. The van der Waals surface area contributed by atoms with E-state index in [0.717, 1.165) is 34.7 Å². The predicted octanol–water partition coefficient (Wildman–Crippen LogP) is 2.53. The molecule has 4 heteroatoms. The lowest BCUT2D eigenvalue weighted by molar-refractivity contribution is 0.0950. The lowest BCUT2D eigenvalue weighted by Crippen LogP contribution is -2.28. The van der Waals surface area contributed by atoms with Crippen LogP contribution in [0, 0.1) is 24.7 Å². The number of hydrogen-bond donors (Lipinski definition) is 2. The summed E-state index contributed by atoms with van der Waals surface area (Å²) < 4.78 is 0. The lowest BCUT2D eigenvalue weighted by Gasteiger charge is -2.12. The SMILES string of the molecule is CCC(CC)CNC(=O)c1cc(C)c(C#CCN)s1. The van der Waals surface area contributed by atoms with E-state index in [1.165, 1.54) is 11.3 Å². The highest BCUT2D eigenvalue weighted by Crippen LogP contribution is 2.21. The third-order valence-electron chi connectivity index (χ3n) is 3.15. The maximum atomic E-state index is 12.0. The first kappa shape index (κ1) is 15.7. The van der Waals surface area contributed by atoms with Crippen LogP contribution in [0.4, 0.5) is 0 Å². The number of rotatable bonds is 5. The first-order valence-corrected chi connectivity index (χ1v) is 7.51. The fourth-order valence-electron chi connectivity index (χ4n) is 1.75. The van der Waals surface area contributed by atoms with Crippen molar-refractivity contribution in [3.63, 3.8) is 0 Å². The number of thiophene rings is 1. The second-order valence-electron chi connectivity index (χ2n) is 4.52. The number of nitrogens with two attached hydrogens (primary N) is 1. The van der Waals surface area contributed by atoms with Crippen molar-refractivity contribution in [1.29, 1.82) is 0 Å². The highest BCUT2D eigenvalue weighted by Gasteiger charge is 2.12. The van der Waals surface area contributed by atoms with Crippen molar-refractivity contribution in [1.82, 2.24) is 5.32 Å². The molecule has 0 saturated carbocycles. The topological polar surface area (TPSA) is 55.1 Å². The van der Waals surface area contributed by atoms with Crippen LogP contribution >= 0.6 is 11.3 Å². The Labute approximate surface area is 119 Å². The van der Waals surface area contributed by atoms with Gasteiger partial charge in [-0.3, -0.25) is 4.79 Å². The molecule has 0 bridgehead atoms. The van der Waals surface area contributed by atoms with E-state index in [0.29, 0.717) is 12.5 Å². The van der Waals surface area contributed by atoms with Gasteiger partial charge >= 0.3 is 0 Å². The van der Waals surface area contributed by atoms with Crippen LogP contribution < -0.4 is 11.1 Å². The average molecular weight is 278 g/mol. The van der Waals surface area contributed by atoms with E-state index >= 15 is 0 Å². The van der Waals surface area contributed by atoms with Crippen LogP contribution in [0.15, 0.2) is 6.07 Å². The summed E-state index contributed by atoms with van der Waals surface area (Å²) in [6, 6.07) is 1.90. The van der Waals surface area contributed by atoms with E-state index in [2.05, 4.69) is 31.0 Å². The van der Waals surface area contributed by atoms with Crippen molar-refractivity contribution in [2.45, 2.75) is 33.6 Å². The fourth-order valence-corrected chi connectivity index (χ4v) is 2.71. The first-order valence-electron chi connectivity index (χ1n) is 6.69. The first-order chi connectivity index (χ1) is 9.12. The van der Waals surface area contributed by atoms with Crippen LogP contribution in [0.5, 0.6) is 0 Å². The molecule has 0 aromatic carbocycles. The molecule has 19 heavy (non-hydrogen) atoms. The molecule has 3 N–H and O–H groups in total. The molecule has 0 aliphatic rings. The van der Waals surface area contributed by atoms with Gasteiger partial charge in [-0.2, -0.15) is 0 Å². The number of carbonyl (C=O) groups is 1. The van der Waals surface area contributed by atoms with E-state index in [-0.39, 0.29) is 5.91 Å². The van der Waals surface area contributed by atoms with Crippen molar-refractivity contribution >= 4 is 17.2 Å². The summed E-state index contributed by atoms with van der Waals surface area (Å²) in [6.07, 6.45) is 2.18. The van der Waals surface area contributed by atoms with Gasteiger partial charge in [0, 0.05) is 6.54 Å². The van der Waals surface area contributed by atoms with Crippen molar-refractivity contribution in [2.24, 2.45) is 11.7 Å². The van der Waals surface area contributed by atoms with Crippen LogP contribution in [0.2, 0.25) is 0 Å². The molecule has 3 nitrogen and oxygen atoms in total. The second-order valence-corrected chi connectivity index (χ2v) is 5.57. The zero-order valence-electron chi connectivity index (χ0n) is 11.9. The summed E-state index contributed by atoms with van der Waals surface area (Å²) in [5, 5.41) is 3.00. The molecule has 1 heterocycles. The predicted molar refractivity (Wildman–Crippen MR) is 81.4 cm³/mol. The number of hydrogen-bond acceptors (Lipinski definition) is 3. The third-order valence-corrected chi connectivity index (χ3v) is 4.30. The molecule has 1 aromatic rings. The fraction of sp³-hybridized carbons (Fsp3) is 0.533. The Balaban J connectivity index is 2.67. The zero-order chi connectivity index (χ0) is 14.3. The van der Waals surface area contributed by atoms with Crippen LogP contribution in [0.25, 0.3) is 0 Å². The molecule has 1 aromatic heterocycles. The van der Waals surface area contributed by atoms with Crippen LogP contribution in [-0.2, 0) is 0 Å². The molecular weight excluding hydrogens is 256 g/mol. The normalized spacial score (nSPS) is 10.2. The van der Waals surface area contributed by atoms with Gasteiger partial charge in [-0.1, -0.05) is 38.5 Å². The molecule has 0 atom stereocenters. The maximum absolute atomic E-state index is 12.0. The molecule has 0 saturated heterocycles. The molecule has 104 valence electrons. The van der Waals surface area contributed by atoms with Gasteiger partial charge in [-0.05, 0) is 24.5 Å². The lowest BCUT2D eigenvalue weighted by atomic mass is 10.0. The largest absolute Gasteiger partial charge is 0.351 e. The van der Waals surface area contributed by atoms with Crippen LogP contribution in [0.1, 0.15) is 46.8 Å². The smallest absolute Gasteiger partial charge is 0.261 e. The quantitative estimate of drug-likeness (QED) is 0.813. The molecular formula is C15H22N2OS. The summed E-state index contributed by atoms with van der Waals surface area (Å²) in [6.45, 7) is 7.35. The molecule has 0 spiro atoms. The highest BCUT2D eigenvalue weighted by molar-refractivity contribution is 7.14. The molecule has 0 aliphatic heterocycles.